The Labute approximate surface area is 164 Å². The summed E-state index contributed by atoms with van der Waals surface area (Å²) in [6, 6.07) is 9.04. The predicted octanol–water partition coefficient (Wildman–Crippen LogP) is 1.61. The molecule has 8 nitrogen and oxygen atoms in total. The fraction of sp³-hybridized carbons (Fsp3) is 0.263. The van der Waals surface area contributed by atoms with Crippen LogP contribution in [0.1, 0.15) is 18.0 Å². The largest absolute Gasteiger partial charge is 0.368 e. The zero-order valence-corrected chi connectivity index (χ0v) is 15.3. The number of benzene rings is 1. The molecule has 2 atom stereocenters. The molecule has 3 heterocycles. The van der Waals surface area contributed by atoms with Crippen LogP contribution in [0.4, 0.5) is 20.4 Å². The first-order chi connectivity index (χ1) is 14.0. The maximum absolute atomic E-state index is 14.3. The smallest absolute Gasteiger partial charge is 0.237 e. The van der Waals surface area contributed by atoms with Crippen molar-refractivity contribution < 1.29 is 18.4 Å². The van der Waals surface area contributed by atoms with Gasteiger partial charge in [0.25, 0.3) is 0 Å². The van der Waals surface area contributed by atoms with Crippen molar-refractivity contribution in [2.24, 2.45) is 5.73 Å². The second-order valence-electron chi connectivity index (χ2n) is 6.83. The summed E-state index contributed by atoms with van der Waals surface area (Å²) in [7, 11) is 0. The highest BCUT2D eigenvalue weighted by atomic mass is 19.1. The van der Waals surface area contributed by atoms with Gasteiger partial charge in [-0.15, -0.1) is 5.10 Å². The van der Waals surface area contributed by atoms with Crippen LogP contribution in [0, 0.1) is 5.82 Å². The van der Waals surface area contributed by atoms with Crippen LogP contribution >= 0.6 is 0 Å². The van der Waals surface area contributed by atoms with E-state index in [1.165, 1.54) is 22.8 Å². The van der Waals surface area contributed by atoms with Crippen LogP contribution < -0.4 is 15.5 Å². The minimum absolute atomic E-state index is 0.0996. The lowest BCUT2D eigenvalue weighted by Crippen LogP contribution is -2.33. The van der Waals surface area contributed by atoms with Crippen LogP contribution in [0.3, 0.4) is 0 Å². The molecule has 2 unspecified atom stereocenters. The van der Waals surface area contributed by atoms with E-state index in [9.17, 15) is 18.4 Å². The Kier molecular flexibility index (Phi) is 4.83. The molecule has 0 radical (unpaired) electrons. The van der Waals surface area contributed by atoms with Gasteiger partial charge in [-0.25, -0.2) is 13.8 Å². The molecule has 2 amide bonds. The number of hydrogen-bond donors (Lipinski definition) is 1. The summed E-state index contributed by atoms with van der Waals surface area (Å²) in [5.74, 6) is -0.377. The second-order valence-corrected chi connectivity index (χ2v) is 6.83. The summed E-state index contributed by atoms with van der Waals surface area (Å²) in [5.41, 5.74) is 6.29. The molecular formula is C19H18F2N6O2. The van der Waals surface area contributed by atoms with Gasteiger partial charge >= 0.3 is 0 Å². The van der Waals surface area contributed by atoms with E-state index in [1.54, 1.807) is 29.2 Å². The first kappa shape index (κ1) is 18.8. The molecule has 2 N–H and O–H groups in total. The molecular weight excluding hydrogens is 382 g/mol. The lowest BCUT2D eigenvalue weighted by atomic mass is 10.0. The third kappa shape index (κ3) is 3.60. The number of primary amides is 1. The standard InChI is InChI=1S/C19H18F2N6O2/c20-13-3-1-2-12(6-13)15-7-14(21)9-26(15)18-5-4-17-23-8-19(27(17)24-18)25(11-28)10-16(22)29/h1-6,8,11,14-15H,7,9-10H2,(H2,22,29). The average molecular weight is 400 g/mol. The van der Waals surface area contributed by atoms with Gasteiger partial charge in [-0.3, -0.25) is 14.5 Å². The van der Waals surface area contributed by atoms with Gasteiger partial charge in [-0.05, 0) is 29.8 Å². The summed E-state index contributed by atoms with van der Waals surface area (Å²) in [6.07, 6.45) is 0.979. The Morgan fingerprint density at radius 3 is 2.90 bits per heavy atom. The number of anilines is 2. The second kappa shape index (κ2) is 7.46. The Morgan fingerprint density at radius 1 is 1.34 bits per heavy atom. The average Bonchev–Trinajstić information content (AvgIpc) is 3.29. The molecule has 3 aromatic rings. The Morgan fingerprint density at radius 2 is 2.17 bits per heavy atom. The van der Waals surface area contributed by atoms with Crippen LogP contribution in [0.15, 0.2) is 42.6 Å². The molecule has 10 heteroatoms. The van der Waals surface area contributed by atoms with Crippen LogP contribution in [0.2, 0.25) is 0 Å². The van der Waals surface area contributed by atoms with E-state index in [-0.39, 0.29) is 31.4 Å². The Bertz CT molecular complexity index is 1070. The predicted molar refractivity (Wildman–Crippen MR) is 102 cm³/mol. The van der Waals surface area contributed by atoms with Gasteiger partial charge < -0.3 is 10.6 Å². The maximum Gasteiger partial charge on any atom is 0.237 e. The maximum atomic E-state index is 14.3. The van der Waals surface area contributed by atoms with E-state index in [0.29, 0.717) is 23.4 Å². The number of nitrogens with two attached hydrogens (primary N) is 1. The number of fused-ring (bicyclic) bond motifs is 1. The zero-order valence-electron chi connectivity index (χ0n) is 15.3. The normalized spacial score (nSPS) is 18.9. The molecule has 0 bridgehead atoms. The molecule has 1 aliphatic heterocycles. The molecule has 0 spiro atoms. The fourth-order valence-electron chi connectivity index (χ4n) is 3.61. The van der Waals surface area contributed by atoms with Gasteiger partial charge in [-0.1, -0.05) is 12.1 Å². The summed E-state index contributed by atoms with van der Waals surface area (Å²) in [5, 5.41) is 4.49. The summed E-state index contributed by atoms with van der Waals surface area (Å²) < 4.78 is 29.3. The molecule has 1 aliphatic rings. The number of rotatable bonds is 6. The summed E-state index contributed by atoms with van der Waals surface area (Å²) in [4.78, 5) is 29.6. The van der Waals surface area contributed by atoms with Crippen LogP contribution in [-0.4, -0.2) is 46.2 Å². The third-order valence-electron chi connectivity index (χ3n) is 4.86. The highest BCUT2D eigenvalue weighted by Gasteiger charge is 2.34. The summed E-state index contributed by atoms with van der Waals surface area (Å²) >= 11 is 0. The molecule has 2 aromatic heterocycles. The van der Waals surface area contributed by atoms with E-state index < -0.39 is 17.9 Å². The molecule has 150 valence electrons. The minimum Gasteiger partial charge on any atom is -0.368 e. The van der Waals surface area contributed by atoms with E-state index in [2.05, 4.69) is 10.1 Å². The highest BCUT2D eigenvalue weighted by Crippen LogP contribution is 2.37. The molecule has 0 saturated carbocycles. The first-order valence-electron chi connectivity index (χ1n) is 8.97. The number of alkyl halides is 1. The van der Waals surface area contributed by atoms with E-state index in [4.69, 9.17) is 5.73 Å². The molecule has 0 aliphatic carbocycles. The van der Waals surface area contributed by atoms with Gasteiger partial charge in [0.05, 0.1) is 18.8 Å². The van der Waals surface area contributed by atoms with E-state index >= 15 is 0 Å². The van der Waals surface area contributed by atoms with Gasteiger partial charge in [0.1, 0.15) is 24.4 Å². The number of amides is 2. The molecule has 1 aromatic carbocycles. The third-order valence-corrected chi connectivity index (χ3v) is 4.86. The van der Waals surface area contributed by atoms with Crippen molar-refractivity contribution in [2.45, 2.75) is 18.6 Å². The molecule has 4 rings (SSSR count). The van der Waals surface area contributed by atoms with Crippen molar-refractivity contribution >= 4 is 29.6 Å². The van der Waals surface area contributed by atoms with Crippen molar-refractivity contribution in [3.63, 3.8) is 0 Å². The van der Waals surface area contributed by atoms with E-state index in [0.717, 1.165) is 4.90 Å². The van der Waals surface area contributed by atoms with Gasteiger partial charge in [0.15, 0.2) is 11.5 Å². The number of carbonyl (C=O) groups is 2. The van der Waals surface area contributed by atoms with Crippen LogP contribution in [0.5, 0.6) is 0 Å². The number of halogens is 2. The number of carbonyl (C=O) groups excluding carboxylic acids is 2. The lowest BCUT2D eigenvalue weighted by Gasteiger charge is -2.26. The number of hydrogen-bond acceptors (Lipinski definition) is 5. The van der Waals surface area contributed by atoms with Crippen LogP contribution in [-0.2, 0) is 9.59 Å². The monoisotopic (exact) mass is 400 g/mol. The number of aromatic nitrogens is 3. The highest BCUT2D eigenvalue weighted by molar-refractivity contribution is 5.87. The van der Waals surface area contributed by atoms with E-state index in [1.807, 2.05) is 0 Å². The van der Waals surface area contributed by atoms with Gasteiger partial charge in [0, 0.05) is 6.42 Å². The zero-order chi connectivity index (χ0) is 20.5. The van der Waals surface area contributed by atoms with Gasteiger partial charge in [0.2, 0.25) is 12.3 Å². The molecule has 1 saturated heterocycles. The van der Waals surface area contributed by atoms with Crippen molar-refractivity contribution in [2.75, 3.05) is 22.9 Å². The van der Waals surface area contributed by atoms with Crippen molar-refractivity contribution in [3.05, 3.63) is 54.0 Å². The summed E-state index contributed by atoms with van der Waals surface area (Å²) in [6.45, 7) is -0.228. The SMILES string of the molecule is NC(=O)CN(C=O)c1cnc2ccc(N3CC(F)CC3c3cccc(F)c3)nn12. The van der Waals surface area contributed by atoms with Crippen molar-refractivity contribution in [1.82, 2.24) is 14.6 Å². The first-order valence-corrected chi connectivity index (χ1v) is 8.97. The Hall–Kier alpha value is -3.56. The fourth-order valence-corrected chi connectivity index (χ4v) is 3.61. The minimum atomic E-state index is -1.09. The Balaban J connectivity index is 1.74. The topological polar surface area (TPSA) is 96.8 Å². The molecule has 29 heavy (non-hydrogen) atoms. The lowest BCUT2D eigenvalue weighted by molar-refractivity contribution is -0.118. The van der Waals surface area contributed by atoms with Crippen molar-refractivity contribution in [3.8, 4) is 0 Å². The van der Waals surface area contributed by atoms with Crippen LogP contribution in [0.25, 0.3) is 5.65 Å². The van der Waals surface area contributed by atoms with Crippen molar-refractivity contribution in [1.29, 1.82) is 0 Å². The molecule has 1 fully saturated rings. The quantitative estimate of drug-likeness (QED) is 0.634. The number of imidazole rings is 1. The van der Waals surface area contributed by atoms with Gasteiger partial charge in [-0.2, -0.15) is 4.52 Å². The number of nitrogens with zero attached hydrogens (tertiary/aromatic N) is 5.